The summed E-state index contributed by atoms with van der Waals surface area (Å²) in [5.41, 5.74) is 1.53. The fourth-order valence-corrected chi connectivity index (χ4v) is 5.08. The molecule has 2 heterocycles. The van der Waals surface area contributed by atoms with Gasteiger partial charge in [-0.1, -0.05) is 48.9 Å². The average Bonchev–Trinajstić information content (AvgIpc) is 2.89. The maximum Gasteiger partial charge on any atom is 0.407 e. The number of piperazine rings is 1. The number of benzene rings is 1. The summed E-state index contributed by atoms with van der Waals surface area (Å²) >= 11 is 0. The van der Waals surface area contributed by atoms with Gasteiger partial charge in [-0.3, -0.25) is 14.5 Å². The van der Waals surface area contributed by atoms with Crippen molar-refractivity contribution >= 4 is 17.9 Å². The van der Waals surface area contributed by atoms with E-state index in [0.29, 0.717) is 38.8 Å². The van der Waals surface area contributed by atoms with Crippen LogP contribution in [0.25, 0.3) is 0 Å². The number of carbonyl (C=O) groups is 3. The Morgan fingerprint density at radius 1 is 1.19 bits per heavy atom. The van der Waals surface area contributed by atoms with E-state index in [2.05, 4.69) is 35.5 Å². The van der Waals surface area contributed by atoms with Crippen LogP contribution in [0.2, 0.25) is 0 Å². The molecule has 2 fully saturated rings. The molecule has 1 spiro atoms. The van der Waals surface area contributed by atoms with Crippen LogP contribution >= 0.6 is 0 Å². The van der Waals surface area contributed by atoms with Crippen molar-refractivity contribution in [2.75, 3.05) is 32.7 Å². The van der Waals surface area contributed by atoms with Crippen molar-refractivity contribution in [2.45, 2.75) is 77.5 Å². The van der Waals surface area contributed by atoms with Crippen molar-refractivity contribution in [1.82, 2.24) is 20.4 Å². The number of unbranched alkanes of at least 4 members (excludes halogenated alkanes) is 1. The molecule has 2 saturated heterocycles. The number of ether oxygens (including phenoxy) is 1. The number of alkyl carbamates (subject to hydrolysis) is 1. The molecule has 0 aromatic heterocycles. The van der Waals surface area contributed by atoms with Crippen molar-refractivity contribution < 1.29 is 19.1 Å². The molecular formula is C28H42N4O4. The second kappa shape index (κ2) is 13.4. The summed E-state index contributed by atoms with van der Waals surface area (Å²) in [5.74, 6) is 0.0235. The van der Waals surface area contributed by atoms with Crippen molar-refractivity contribution in [2.24, 2.45) is 0 Å². The third kappa shape index (κ3) is 7.09. The molecule has 0 radical (unpaired) electrons. The second-order valence-electron chi connectivity index (χ2n) is 9.94. The Bertz CT molecular complexity index is 909. The van der Waals surface area contributed by atoms with Gasteiger partial charge in [0.05, 0.1) is 0 Å². The summed E-state index contributed by atoms with van der Waals surface area (Å²) in [6.45, 7) is 10.0. The van der Waals surface area contributed by atoms with Gasteiger partial charge in [0.15, 0.2) is 0 Å². The molecule has 1 atom stereocenters. The molecule has 1 aromatic carbocycles. The smallest absolute Gasteiger partial charge is 0.407 e. The number of hydrogen-bond acceptors (Lipinski definition) is 5. The van der Waals surface area contributed by atoms with Gasteiger partial charge in [-0.2, -0.15) is 0 Å². The van der Waals surface area contributed by atoms with Crippen LogP contribution < -0.4 is 10.6 Å². The number of carbonyl (C=O) groups excluding carboxylic acids is 3. The first-order chi connectivity index (χ1) is 17.4. The molecule has 36 heavy (non-hydrogen) atoms. The zero-order valence-electron chi connectivity index (χ0n) is 22.1. The second-order valence-corrected chi connectivity index (χ2v) is 9.94. The summed E-state index contributed by atoms with van der Waals surface area (Å²) in [6, 6.07) is 9.04. The lowest BCUT2D eigenvalue weighted by Crippen LogP contribution is -2.72. The maximum atomic E-state index is 13.4. The van der Waals surface area contributed by atoms with Gasteiger partial charge in [0.25, 0.3) is 0 Å². The lowest BCUT2D eigenvalue weighted by Gasteiger charge is -2.51. The van der Waals surface area contributed by atoms with E-state index >= 15 is 0 Å². The van der Waals surface area contributed by atoms with Crippen LogP contribution in [0.3, 0.4) is 0 Å². The number of amides is 3. The minimum atomic E-state index is -0.728. The van der Waals surface area contributed by atoms with E-state index in [-0.39, 0.29) is 18.4 Å². The lowest BCUT2D eigenvalue weighted by molar-refractivity contribution is -0.161. The summed E-state index contributed by atoms with van der Waals surface area (Å²) < 4.78 is 5.22. The van der Waals surface area contributed by atoms with Gasteiger partial charge in [-0.15, -0.1) is 0 Å². The molecule has 3 rings (SSSR count). The monoisotopic (exact) mass is 498 g/mol. The molecule has 8 heteroatoms. The van der Waals surface area contributed by atoms with Crippen LogP contribution in [0.1, 0.15) is 64.9 Å². The molecule has 8 nitrogen and oxygen atoms in total. The van der Waals surface area contributed by atoms with E-state index < -0.39 is 17.7 Å². The fourth-order valence-electron chi connectivity index (χ4n) is 5.08. The number of rotatable bonds is 11. The van der Waals surface area contributed by atoms with Crippen molar-refractivity contribution in [3.8, 4) is 0 Å². The highest BCUT2D eigenvalue weighted by Gasteiger charge is 2.52. The van der Waals surface area contributed by atoms with Gasteiger partial charge in [0.2, 0.25) is 11.8 Å². The lowest BCUT2D eigenvalue weighted by atomic mass is 9.81. The van der Waals surface area contributed by atoms with Crippen LogP contribution in [-0.4, -0.2) is 72.0 Å². The largest absolute Gasteiger partial charge is 0.445 e. The van der Waals surface area contributed by atoms with Gasteiger partial charge >= 0.3 is 6.09 Å². The molecule has 1 aromatic rings. The van der Waals surface area contributed by atoms with Gasteiger partial charge < -0.3 is 20.3 Å². The Balaban J connectivity index is 1.44. The normalized spacial score (nSPS) is 20.4. The molecule has 0 bridgehead atoms. The van der Waals surface area contributed by atoms with Gasteiger partial charge in [-0.05, 0) is 57.9 Å². The van der Waals surface area contributed by atoms with Crippen LogP contribution in [-0.2, 0) is 20.9 Å². The summed E-state index contributed by atoms with van der Waals surface area (Å²) in [6.07, 6.45) is 5.83. The zero-order chi connectivity index (χ0) is 26.0. The molecule has 0 unspecified atom stereocenters. The van der Waals surface area contributed by atoms with Gasteiger partial charge in [0.1, 0.15) is 18.2 Å². The molecule has 2 aliphatic heterocycles. The number of nitrogens with one attached hydrogen (secondary N) is 2. The minimum absolute atomic E-state index is 0.00873. The highest BCUT2D eigenvalue weighted by atomic mass is 16.5. The van der Waals surface area contributed by atoms with Crippen molar-refractivity contribution in [1.29, 1.82) is 0 Å². The van der Waals surface area contributed by atoms with E-state index in [1.807, 2.05) is 42.2 Å². The average molecular weight is 499 g/mol. The van der Waals surface area contributed by atoms with Crippen LogP contribution in [0, 0.1) is 0 Å². The van der Waals surface area contributed by atoms with Crippen molar-refractivity contribution in [3.05, 3.63) is 47.5 Å². The first-order valence-corrected chi connectivity index (χ1v) is 13.3. The highest BCUT2D eigenvalue weighted by molar-refractivity contribution is 6.00. The predicted molar refractivity (Wildman–Crippen MR) is 140 cm³/mol. The third-order valence-electron chi connectivity index (χ3n) is 7.31. The highest BCUT2D eigenvalue weighted by Crippen LogP contribution is 2.34. The van der Waals surface area contributed by atoms with Crippen LogP contribution in [0.5, 0.6) is 0 Å². The first-order valence-electron chi connectivity index (χ1n) is 13.3. The SMILES string of the molecule is C/C=C(\C)CN1CCC2(CC1)C(=O)N[C@@H](CCCCNC(=O)OCc1ccccc1)C(=O)N2CCC. The first kappa shape index (κ1) is 27.7. The third-order valence-corrected chi connectivity index (χ3v) is 7.31. The Labute approximate surface area is 215 Å². The minimum Gasteiger partial charge on any atom is -0.445 e. The molecule has 0 saturated carbocycles. The van der Waals surface area contributed by atoms with Crippen molar-refractivity contribution in [3.63, 3.8) is 0 Å². The molecule has 198 valence electrons. The molecule has 2 aliphatic rings. The fraction of sp³-hybridized carbons (Fsp3) is 0.607. The summed E-state index contributed by atoms with van der Waals surface area (Å²) in [4.78, 5) is 42.9. The standard InChI is InChI=1S/C28H42N4O4/c1-4-17-32-25(33)24(13-9-10-16-29-27(35)36-21-23-11-7-6-8-12-23)30-26(34)28(32)14-18-31(19-15-28)20-22(3)5-2/h5-8,11-12,24H,4,9-10,13-21H2,1-3H3,(H,29,35)(H,30,34)/b22-5+/t24-/m0/s1. The van der Waals surface area contributed by atoms with E-state index in [1.54, 1.807) is 0 Å². The summed E-state index contributed by atoms with van der Waals surface area (Å²) in [7, 11) is 0. The number of likely N-dealkylation sites (tertiary alicyclic amines) is 1. The zero-order valence-corrected chi connectivity index (χ0v) is 22.1. The van der Waals surface area contributed by atoms with Crippen LogP contribution in [0.15, 0.2) is 42.0 Å². The van der Waals surface area contributed by atoms with Gasteiger partial charge in [-0.25, -0.2) is 4.79 Å². The quantitative estimate of drug-likeness (QED) is 0.359. The maximum absolute atomic E-state index is 13.4. The summed E-state index contributed by atoms with van der Waals surface area (Å²) in [5, 5.41) is 5.80. The van der Waals surface area contributed by atoms with E-state index in [9.17, 15) is 14.4 Å². The predicted octanol–water partition coefficient (Wildman–Crippen LogP) is 3.62. The number of hydrogen-bond donors (Lipinski definition) is 2. The molecular weight excluding hydrogens is 456 g/mol. The number of nitrogens with zero attached hydrogens (tertiary/aromatic N) is 2. The Morgan fingerprint density at radius 2 is 1.92 bits per heavy atom. The molecule has 0 aliphatic carbocycles. The molecule has 3 amide bonds. The number of piperidine rings is 1. The Hall–Kier alpha value is -2.87. The van der Waals surface area contributed by atoms with E-state index in [1.165, 1.54) is 5.57 Å². The topological polar surface area (TPSA) is 91.0 Å². The Morgan fingerprint density at radius 3 is 2.58 bits per heavy atom. The Kier molecular flexibility index (Phi) is 10.3. The van der Waals surface area contributed by atoms with Gasteiger partial charge in [0, 0.05) is 32.7 Å². The van der Waals surface area contributed by atoms with E-state index in [0.717, 1.165) is 38.0 Å². The van der Waals surface area contributed by atoms with E-state index in [4.69, 9.17) is 4.74 Å². The number of allylic oxidation sites excluding steroid dienone is 1. The van der Waals surface area contributed by atoms with Crippen LogP contribution in [0.4, 0.5) is 4.79 Å². The molecule has 2 N–H and O–H groups in total.